The van der Waals surface area contributed by atoms with Crippen LogP contribution in [0.15, 0.2) is 28.3 Å². The average molecular weight is 161 g/mol. The van der Waals surface area contributed by atoms with E-state index in [9.17, 15) is 9.59 Å². The maximum Gasteiger partial charge on any atom is 0.249 e. The van der Waals surface area contributed by atoms with Crippen LogP contribution in [0.1, 0.15) is 12.8 Å². The summed E-state index contributed by atoms with van der Waals surface area (Å²) in [7, 11) is 0. The second-order valence-corrected chi connectivity index (χ2v) is 2.86. The zero-order valence-electron chi connectivity index (χ0n) is 6.41. The Morgan fingerprint density at radius 1 is 1.17 bits per heavy atom. The summed E-state index contributed by atoms with van der Waals surface area (Å²) in [6.45, 7) is 0. The van der Waals surface area contributed by atoms with Crippen LogP contribution in [0.4, 0.5) is 0 Å². The van der Waals surface area contributed by atoms with Crippen LogP contribution in [0, 0.1) is 0 Å². The Balaban J connectivity index is 2.36. The van der Waals surface area contributed by atoms with E-state index in [1.807, 2.05) is 0 Å². The van der Waals surface area contributed by atoms with Crippen molar-refractivity contribution in [1.82, 2.24) is 0 Å². The number of aliphatic imine (C=N–C) groups is 1. The van der Waals surface area contributed by atoms with Gasteiger partial charge in [-0.2, -0.15) is 0 Å². The van der Waals surface area contributed by atoms with E-state index in [1.54, 1.807) is 6.08 Å². The number of carbonyl (C=O) groups is 2. The molecule has 12 heavy (non-hydrogen) atoms. The smallest absolute Gasteiger partial charge is 0.249 e. The lowest BCUT2D eigenvalue weighted by Crippen LogP contribution is -2.12. The first kappa shape index (κ1) is 7.16. The highest BCUT2D eigenvalue weighted by Crippen LogP contribution is 2.21. The van der Waals surface area contributed by atoms with Crippen LogP contribution in [0.3, 0.4) is 0 Å². The molecule has 0 saturated heterocycles. The van der Waals surface area contributed by atoms with Gasteiger partial charge in [-0.25, -0.2) is 4.99 Å². The molecule has 3 nitrogen and oxygen atoms in total. The molecule has 0 saturated carbocycles. The van der Waals surface area contributed by atoms with E-state index in [1.165, 1.54) is 12.3 Å². The van der Waals surface area contributed by atoms with E-state index in [0.717, 1.165) is 11.1 Å². The number of hydrogen-bond acceptors (Lipinski definition) is 2. The minimum Gasteiger partial charge on any atom is -0.294 e. The number of ketones is 1. The van der Waals surface area contributed by atoms with Crippen molar-refractivity contribution in [1.29, 1.82) is 0 Å². The molecule has 0 bridgehead atoms. The third-order valence-electron chi connectivity index (χ3n) is 1.96. The van der Waals surface area contributed by atoms with Gasteiger partial charge in [-0.15, -0.1) is 0 Å². The van der Waals surface area contributed by atoms with E-state index in [2.05, 4.69) is 4.99 Å². The highest BCUT2D eigenvalue weighted by molar-refractivity contribution is 6.04. The Morgan fingerprint density at radius 2 is 2.00 bits per heavy atom. The molecule has 2 aliphatic rings. The SMILES string of the molecule is O=C1C=CC2=C(C1)CC(=O)N=C2. The number of amides is 1. The lowest BCUT2D eigenvalue weighted by Gasteiger charge is -2.13. The normalized spacial score (nSPS) is 21.7. The van der Waals surface area contributed by atoms with Gasteiger partial charge in [-0.3, -0.25) is 9.59 Å². The van der Waals surface area contributed by atoms with Crippen molar-refractivity contribution < 1.29 is 9.59 Å². The lowest BCUT2D eigenvalue weighted by atomic mass is 9.93. The van der Waals surface area contributed by atoms with E-state index < -0.39 is 0 Å². The van der Waals surface area contributed by atoms with Gasteiger partial charge in [0.2, 0.25) is 5.91 Å². The molecule has 0 fully saturated rings. The Kier molecular flexibility index (Phi) is 1.50. The molecule has 2 rings (SSSR count). The number of allylic oxidation sites excluding steroid dienone is 3. The summed E-state index contributed by atoms with van der Waals surface area (Å²) in [6.07, 6.45) is 5.47. The zero-order chi connectivity index (χ0) is 8.55. The van der Waals surface area contributed by atoms with Gasteiger partial charge in [0.1, 0.15) is 0 Å². The molecule has 1 aliphatic heterocycles. The fourth-order valence-electron chi connectivity index (χ4n) is 1.34. The first-order valence-electron chi connectivity index (χ1n) is 3.75. The number of hydrogen-bond donors (Lipinski definition) is 0. The van der Waals surface area contributed by atoms with Crippen molar-refractivity contribution in [2.75, 3.05) is 0 Å². The average Bonchev–Trinajstić information content (AvgIpc) is 2.03. The minimum absolute atomic E-state index is 0.0665. The predicted octanol–water partition coefficient (Wildman–Crippen LogP) is 0.813. The molecule has 0 N–H and O–H groups in total. The molecule has 1 heterocycles. The summed E-state index contributed by atoms with van der Waals surface area (Å²) in [5.41, 5.74) is 1.83. The molecule has 0 aromatic heterocycles. The summed E-state index contributed by atoms with van der Waals surface area (Å²) < 4.78 is 0. The van der Waals surface area contributed by atoms with Crippen LogP contribution in [0.25, 0.3) is 0 Å². The summed E-state index contributed by atoms with van der Waals surface area (Å²) in [5.74, 6) is -0.0892. The molecule has 0 atom stereocenters. The Labute approximate surface area is 69.5 Å². The van der Waals surface area contributed by atoms with Crippen molar-refractivity contribution in [2.24, 2.45) is 4.99 Å². The van der Waals surface area contributed by atoms with Crippen LogP contribution in [-0.2, 0) is 9.59 Å². The van der Waals surface area contributed by atoms with E-state index in [0.29, 0.717) is 12.8 Å². The molecular weight excluding hydrogens is 154 g/mol. The van der Waals surface area contributed by atoms with Gasteiger partial charge in [-0.05, 0) is 23.3 Å². The summed E-state index contributed by atoms with van der Waals surface area (Å²) in [5, 5.41) is 0. The Bertz CT molecular complexity index is 316. The van der Waals surface area contributed by atoms with Gasteiger partial charge < -0.3 is 0 Å². The van der Waals surface area contributed by atoms with Gasteiger partial charge in [0.25, 0.3) is 0 Å². The van der Waals surface area contributed by atoms with Gasteiger partial charge in [-0.1, -0.05) is 0 Å². The van der Waals surface area contributed by atoms with E-state index >= 15 is 0 Å². The molecule has 1 aliphatic carbocycles. The topological polar surface area (TPSA) is 46.5 Å². The molecule has 0 aromatic carbocycles. The van der Waals surface area contributed by atoms with Gasteiger partial charge in [0, 0.05) is 12.6 Å². The number of rotatable bonds is 0. The summed E-state index contributed by atoms with van der Waals surface area (Å²) in [6, 6.07) is 0. The molecular formula is C9H7NO2. The predicted molar refractivity (Wildman–Crippen MR) is 43.9 cm³/mol. The monoisotopic (exact) mass is 161 g/mol. The highest BCUT2D eigenvalue weighted by Gasteiger charge is 2.18. The van der Waals surface area contributed by atoms with Crippen molar-refractivity contribution >= 4 is 17.9 Å². The van der Waals surface area contributed by atoms with Crippen molar-refractivity contribution in [3.05, 3.63) is 23.3 Å². The third-order valence-corrected chi connectivity index (χ3v) is 1.96. The number of dihydropyridines is 1. The Morgan fingerprint density at radius 3 is 2.83 bits per heavy atom. The zero-order valence-corrected chi connectivity index (χ0v) is 6.41. The van der Waals surface area contributed by atoms with Crippen molar-refractivity contribution in [3.8, 4) is 0 Å². The van der Waals surface area contributed by atoms with Crippen LogP contribution in [0.5, 0.6) is 0 Å². The molecule has 3 heteroatoms. The van der Waals surface area contributed by atoms with Crippen LogP contribution >= 0.6 is 0 Å². The first-order valence-corrected chi connectivity index (χ1v) is 3.75. The van der Waals surface area contributed by atoms with Gasteiger partial charge in [0.15, 0.2) is 5.78 Å². The van der Waals surface area contributed by atoms with E-state index in [-0.39, 0.29) is 11.7 Å². The fraction of sp³-hybridized carbons (Fsp3) is 0.222. The van der Waals surface area contributed by atoms with Crippen LogP contribution in [-0.4, -0.2) is 17.9 Å². The van der Waals surface area contributed by atoms with Crippen LogP contribution in [0.2, 0.25) is 0 Å². The molecule has 0 unspecified atom stereocenters. The largest absolute Gasteiger partial charge is 0.294 e. The second-order valence-electron chi connectivity index (χ2n) is 2.86. The van der Waals surface area contributed by atoms with Gasteiger partial charge in [0.05, 0.1) is 6.42 Å². The van der Waals surface area contributed by atoms with Crippen molar-refractivity contribution in [2.45, 2.75) is 12.8 Å². The maximum absolute atomic E-state index is 10.9. The number of nitrogens with zero attached hydrogens (tertiary/aromatic N) is 1. The van der Waals surface area contributed by atoms with Crippen molar-refractivity contribution in [3.63, 3.8) is 0 Å². The summed E-state index contributed by atoms with van der Waals surface area (Å²) in [4.78, 5) is 25.5. The quantitative estimate of drug-likeness (QED) is 0.527. The summed E-state index contributed by atoms with van der Waals surface area (Å²) >= 11 is 0. The Hall–Kier alpha value is -1.51. The van der Waals surface area contributed by atoms with Crippen LogP contribution < -0.4 is 0 Å². The van der Waals surface area contributed by atoms with Gasteiger partial charge >= 0.3 is 0 Å². The van der Waals surface area contributed by atoms with E-state index in [4.69, 9.17) is 0 Å². The molecule has 0 radical (unpaired) electrons. The lowest BCUT2D eigenvalue weighted by molar-refractivity contribution is -0.117. The molecule has 0 aromatic rings. The highest BCUT2D eigenvalue weighted by atomic mass is 16.1. The molecule has 60 valence electrons. The first-order chi connectivity index (χ1) is 5.75. The minimum atomic E-state index is -0.156. The third kappa shape index (κ3) is 1.13. The fourth-order valence-corrected chi connectivity index (χ4v) is 1.34. The maximum atomic E-state index is 10.9. The standard InChI is InChI=1S/C9H7NO2/c11-8-2-1-6-5-10-9(12)4-7(6)3-8/h1-2,5H,3-4H2. The number of carbonyl (C=O) groups excluding carboxylic acids is 2. The second kappa shape index (κ2) is 2.52. The molecule has 1 amide bonds. The molecule has 0 spiro atoms.